The van der Waals surface area contributed by atoms with Crippen molar-refractivity contribution in [2.24, 2.45) is 16.9 Å². The maximum atomic E-state index is 13.7. The van der Waals surface area contributed by atoms with Crippen molar-refractivity contribution in [3.63, 3.8) is 0 Å². The molecule has 0 aliphatic carbocycles. The summed E-state index contributed by atoms with van der Waals surface area (Å²) in [5.41, 5.74) is 13.3. The first-order chi connectivity index (χ1) is 30.9. The maximum absolute atomic E-state index is 13.7. The van der Waals surface area contributed by atoms with E-state index in [1.54, 1.807) is 34.1 Å². The van der Waals surface area contributed by atoms with Gasteiger partial charge in [-0.15, -0.1) is 0 Å². The number of carbonyl (C=O) groups excluding carboxylic acids is 4. The molecule has 4 aromatic rings. The predicted octanol–water partition coefficient (Wildman–Crippen LogP) is 6.99. The minimum Gasteiger partial charge on any atom is -0.482 e. The molecule has 0 atom stereocenters. The second-order valence-electron chi connectivity index (χ2n) is 17.3. The zero-order chi connectivity index (χ0) is 47.1. The number of ether oxygens (including phenoxy) is 2. The highest BCUT2D eigenvalue weighted by molar-refractivity contribution is 6.31. The Balaban J connectivity index is 1.15. The van der Waals surface area contributed by atoms with E-state index in [0.29, 0.717) is 58.3 Å². The van der Waals surface area contributed by atoms with Gasteiger partial charge < -0.3 is 40.5 Å². The van der Waals surface area contributed by atoms with Gasteiger partial charge in [-0.2, -0.15) is 10.0 Å². The van der Waals surface area contributed by atoms with E-state index in [-0.39, 0.29) is 67.3 Å². The Bertz CT molecular complexity index is 2320. The predicted molar refractivity (Wildman–Crippen MR) is 247 cm³/mol. The number of hydrogen-bond acceptors (Lipinski definition) is 8. The van der Waals surface area contributed by atoms with E-state index in [9.17, 15) is 28.0 Å². The Morgan fingerprint density at radius 1 is 0.615 bits per heavy atom. The van der Waals surface area contributed by atoms with Crippen LogP contribution < -0.4 is 31.0 Å². The van der Waals surface area contributed by atoms with Gasteiger partial charge in [-0.1, -0.05) is 47.5 Å². The Hall–Kier alpha value is -5.68. The van der Waals surface area contributed by atoms with Gasteiger partial charge in [-0.25, -0.2) is 18.4 Å². The number of amides is 6. The molecule has 2 aliphatic rings. The average Bonchev–Trinajstić information content (AvgIpc) is 3.26. The minimum absolute atomic E-state index is 0.0268. The number of urea groups is 2. The Morgan fingerprint density at radius 3 is 1.40 bits per heavy atom. The van der Waals surface area contributed by atoms with Crippen molar-refractivity contribution < 1.29 is 37.4 Å². The van der Waals surface area contributed by atoms with E-state index >= 15 is 0 Å². The lowest BCUT2D eigenvalue weighted by atomic mass is 9.73. The number of anilines is 2. The number of likely N-dealkylation sites (tertiary alicyclic amines) is 2. The molecule has 2 fully saturated rings. The normalized spacial score (nSPS) is 15.7. The third kappa shape index (κ3) is 12.2. The van der Waals surface area contributed by atoms with Crippen LogP contribution in [0.25, 0.3) is 0 Å². The summed E-state index contributed by atoms with van der Waals surface area (Å²) in [5, 5.41) is 1.72. The topological polar surface area (TPSA) is 158 Å². The molecule has 0 unspecified atom stereocenters. The van der Waals surface area contributed by atoms with Crippen molar-refractivity contribution in [3.8, 4) is 11.5 Å². The van der Waals surface area contributed by atoms with Crippen LogP contribution in [0.1, 0.15) is 36.8 Å². The number of benzene rings is 4. The fourth-order valence-electron chi connectivity index (χ4n) is 8.93. The van der Waals surface area contributed by atoms with Gasteiger partial charge in [-0.05, 0) is 144 Å². The largest absolute Gasteiger partial charge is 0.482 e. The molecule has 348 valence electrons. The molecule has 0 aromatic heterocycles. The lowest BCUT2D eigenvalue weighted by Gasteiger charge is -2.46. The van der Waals surface area contributed by atoms with Gasteiger partial charge in [0, 0.05) is 48.3 Å². The Morgan fingerprint density at radius 2 is 1.02 bits per heavy atom. The summed E-state index contributed by atoms with van der Waals surface area (Å²) in [5.74, 6) is -1.29. The zero-order valence-electron chi connectivity index (χ0n) is 37.1. The monoisotopic (exact) mass is 936 g/mol. The van der Waals surface area contributed by atoms with Crippen LogP contribution in [0.5, 0.6) is 11.5 Å². The summed E-state index contributed by atoms with van der Waals surface area (Å²) in [6.45, 7) is 1.71. The number of likely N-dealkylation sites (N-methyl/N-ethyl adjacent to an activating group) is 1. The first-order valence-corrected chi connectivity index (χ1v) is 22.0. The molecule has 14 nitrogen and oxygen atoms in total. The molecule has 0 radical (unpaired) electrons. The van der Waals surface area contributed by atoms with Gasteiger partial charge >= 0.3 is 12.1 Å². The van der Waals surface area contributed by atoms with Gasteiger partial charge in [0.25, 0.3) is 11.8 Å². The molecule has 65 heavy (non-hydrogen) atoms. The number of hydrazine groups is 1. The maximum Gasteiger partial charge on any atom is 0.338 e. The lowest BCUT2D eigenvalue weighted by Crippen LogP contribution is -2.55. The molecule has 0 bridgehead atoms. The summed E-state index contributed by atoms with van der Waals surface area (Å²) in [6, 6.07) is 19.0. The molecule has 2 saturated heterocycles. The van der Waals surface area contributed by atoms with Crippen LogP contribution in [0.3, 0.4) is 0 Å². The van der Waals surface area contributed by atoms with Crippen molar-refractivity contribution in [2.75, 3.05) is 84.1 Å². The average molecular weight is 938 g/mol. The lowest BCUT2D eigenvalue weighted by molar-refractivity contribution is -0.136. The quantitative estimate of drug-likeness (QED) is 0.121. The van der Waals surface area contributed by atoms with Crippen LogP contribution in [0, 0.1) is 17.0 Å². The molecular weight excluding hydrogens is 881 g/mol. The number of hydrogen-bond donors (Lipinski definition) is 2. The standard InChI is InChI=1S/C47H56Cl2F2N8O6/c1-54(2)31-46(27-32-5-11-36(50)12-6-32)17-21-56(22-18-46)42(60)29-64-40-15-9-34(48)25-38(40)58(44(52)62)59(45(53)63)39-26-35(49)10-16-41(39)65-30-43(61)57-23-19-47(20-24-57,55(3)4)28-33-7-13-37(51)14-8-33/h5-16,25-26H,17-24,27-31H2,1-4H3,(H2,52,62)(H2,53,63). The van der Waals surface area contributed by atoms with Gasteiger partial charge in [-0.3, -0.25) is 9.59 Å². The van der Waals surface area contributed by atoms with Crippen molar-refractivity contribution in [1.82, 2.24) is 19.6 Å². The number of nitrogens with two attached hydrogens (primary N) is 2. The van der Waals surface area contributed by atoms with E-state index in [1.165, 1.54) is 60.7 Å². The molecule has 4 aromatic carbocycles. The number of primary amides is 2. The number of carbonyl (C=O) groups is 4. The van der Waals surface area contributed by atoms with Crippen molar-refractivity contribution >= 4 is 58.5 Å². The van der Waals surface area contributed by atoms with Crippen LogP contribution in [-0.2, 0) is 22.4 Å². The number of piperidine rings is 2. The van der Waals surface area contributed by atoms with E-state index in [0.717, 1.165) is 34.1 Å². The smallest absolute Gasteiger partial charge is 0.338 e. The van der Waals surface area contributed by atoms with Gasteiger partial charge in [0.05, 0.1) is 0 Å². The highest BCUT2D eigenvalue weighted by Gasteiger charge is 2.39. The molecule has 0 spiro atoms. The van der Waals surface area contributed by atoms with Crippen LogP contribution in [0.2, 0.25) is 10.0 Å². The van der Waals surface area contributed by atoms with Crippen LogP contribution >= 0.6 is 23.2 Å². The van der Waals surface area contributed by atoms with Crippen molar-refractivity contribution in [1.29, 1.82) is 0 Å². The second kappa shape index (κ2) is 21.1. The van der Waals surface area contributed by atoms with E-state index < -0.39 is 25.3 Å². The second-order valence-corrected chi connectivity index (χ2v) is 18.2. The van der Waals surface area contributed by atoms with E-state index in [4.69, 9.17) is 44.1 Å². The molecule has 18 heteroatoms. The minimum atomic E-state index is -1.18. The first kappa shape index (κ1) is 48.8. The van der Waals surface area contributed by atoms with Crippen LogP contribution in [-0.4, -0.2) is 123 Å². The Kier molecular flexibility index (Phi) is 15.8. The summed E-state index contributed by atoms with van der Waals surface area (Å²) in [7, 11) is 8.00. The highest BCUT2D eigenvalue weighted by Crippen LogP contribution is 2.40. The van der Waals surface area contributed by atoms with E-state index in [1.807, 2.05) is 28.2 Å². The third-order valence-corrected chi connectivity index (χ3v) is 12.9. The summed E-state index contributed by atoms with van der Waals surface area (Å²) in [4.78, 5) is 61.8. The number of halogens is 4. The fourth-order valence-corrected chi connectivity index (χ4v) is 9.26. The van der Waals surface area contributed by atoms with Crippen molar-refractivity contribution in [3.05, 3.63) is 118 Å². The van der Waals surface area contributed by atoms with Gasteiger partial charge in [0.1, 0.15) is 34.5 Å². The summed E-state index contributed by atoms with van der Waals surface area (Å²) < 4.78 is 39.4. The molecule has 0 saturated carbocycles. The summed E-state index contributed by atoms with van der Waals surface area (Å²) in [6.07, 6.45) is 4.12. The first-order valence-electron chi connectivity index (χ1n) is 21.3. The Labute approximate surface area is 388 Å². The SMILES string of the molecule is CN(C)CC1(Cc2ccc(F)cc2)CCN(C(=O)COc2ccc(Cl)cc2N(C(N)=O)N(C(N)=O)c2cc(Cl)ccc2OCC(=O)N2CCC(Cc3ccc(F)cc3)(N(C)C)CC2)CC1. The van der Waals surface area contributed by atoms with Crippen molar-refractivity contribution in [2.45, 2.75) is 44.1 Å². The molecule has 6 rings (SSSR count). The zero-order valence-corrected chi connectivity index (χ0v) is 38.6. The van der Waals surface area contributed by atoms with E-state index in [2.05, 4.69) is 9.80 Å². The molecule has 6 amide bonds. The highest BCUT2D eigenvalue weighted by atomic mass is 35.5. The molecule has 2 heterocycles. The number of nitrogens with zero attached hydrogens (tertiary/aromatic N) is 6. The molecule has 4 N–H and O–H groups in total. The molecule has 2 aliphatic heterocycles. The third-order valence-electron chi connectivity index (χ3n) is 12.4. The molecular formula is C47H56Cl2F2N8O6. The van der Waals surface area contributed by atoms with Gasteiger partial charge in [0.2, 0.25) is 0 Å². The van der Waals surface area contributed by atoms with Crippen LogP contribution in [0.15, 0.2) is 84.9 Å². The number of rotatable bonds is 15. The van der Waals surface area contributed by atoms with Crippen LogP contribution in [0.4, 0.5) is 29.7 Å². The van der Waals surface area contributed by atoms with Gasteiger partial charge in [0.15, 0.2) is 13.2 Å². The fraction of sp³-hybridized carbons (Fsp3) is 0.404. The summed E-state index contributed by atoms with van der Waals surface area (Å²) >= 11 is 12.9.